The Morgan fingerprint density at radius 2 is 2.38 bits per heavy atom. The predicted molar refractivity (Wildman–Crippen MR) is 55.3 cm³/mol. The fourth-order valence-corrected chi connectivity index (χ4v) is 2.31. The zero-order valence-electron chi connectivity index (χ0n) is 7.26. The summed E-state index contributed by atoms with van der Waals surface area (Å²) in [5.41, 5.74) is 0. The summed E-state index contributed by atoms with van der Waals surface area (Å²) in [6, 6.07) is 0.577. The van der Waals surface area contributed by atoms with Crippen molar-refractivity contribution in [1.82, 2.24) is 20.2 Å². The molecule has 13 heavy (non-hydrogen) atoms. The van der Waals surface area contributed by atoms with Gasteiger partial charge in [-0.25, -0.2) is 4.68 Å². The molecule has 1 aromatic rings. The summed E-state index contributed by atoms with van der Waals surface area (Å²) >= 11 is 5.88. The number of tetrazole rings is 1. The molecular formula is C7H12N4S2. The lowest BCUT2D eigenvalue weighted by molar-refractivity contribution is 0.565. The van der Waals surface area contributed by atoms with E-state index in [1.54, 1.807) is 11.8 Å². The van der Waals surface area contributed by atoms with Crippen LogP contribution in [0.15, 0.2) is 5.16 Å². The van der Waals surface area contributed by atoms with Gasteiger partial charge in [0.1, 0.15) is 0 Å². The van der Waals surface area contributed by atoms with Crippen LogP contribution in [0.3, 0.4) is 0 Å². The van der Waals surface area contributed by atoms with E-state index in [9.17, 15) is 0 Å². The van der Waals surface area contributed by atoms with E-state index in [0.29, 0.717) is 6.04 Å². The lowest BCUT2D eigenvalue weighted by atomic mass is 10.6. The first kappa shape index (κ1) is 9.33. The summed E-state index contributed by atoms with van der Waals surface area (Å²) < 4.78 is 1.95. The minimum Gasteiger partial charge on any atom is -0.217 e. The molecule has 72 valence electrons. The highest BCUT2D eigenvalue weighted by Crippen LogP contribution is 2.36. The van der Waals surface area contributed by atoms with Gasteiger partial charge in [-0.3, -0.25) is 0 Å². The Kier molecular flexibility index (Phi) is 3.10. The van der Waals surface area contributed by atoms with Crippen LogP contribution in [0.25, 0.3) is 0 Å². The molecule has 0 aromatic carbocycles. The Labute approximate surface area is 86.9 Å². The molecular weight excluding hydrogens is 204 g/mol. The molecule has 0 radical (unpaired) electrons. The molecule has 1 aliphatic carbocycles. The monoisotopic (exact) mass is 216 g/mol. The maximum Gasteiger partial charge on any atom is 0.209 e. The molecule has 6 heteroatoms. The molecule has 0 aliphatic heterocycles. The van der Waals surface area contributed by atoms with Gasteiger partial charge in [-0.05, 0) is 35.4 Å². The molecule has 1 heterocycles. The van der Waals surface area contributed by atoms with Gasteiger partial charge in [0.25, 0.3) is 0 Å². The third kappa shape index (κ3) is 2.37. The molecule has 0 N–H and O–H groups in total. The number of thioether (sulfide) groups is 1. The normalized spacial score (nSPS) is 16.4. The number of nitrogens with zero attached hydrogens (tertiary/aromatic N) is 4. The molecule has 0 bridgehead atoms. The lowest BCUT2D eigenvalue weighted by Crippen LogP contribution is -1.99. The van der Waals surface area contributed by atoms with Gasteiger partial charge in [0.05, 0.1) is 6.04 Å². The van der Waals surface area contributed by atoms with E-state index in [1.165, 1.54) is 12.8 Å². The largest absolute Gasteiger partial charge is 0.217 e. The highest BCUT2D eigenvalue weighted by Gasteiger charge is 2.27. The van der Waals surface area contributed by atoms with Gasteiger partial charge in [-0.15, -0.1) is 5.10 Å². The maximum absolute atomic E-state index is 4.16. The molecule has 4 nitrogen and oxygen atoms in total. The molecule has 1 aromatic heterocycles. The van der Waals surface area contributed by atoms with E-state index in [-0.39, 0.29) is 0 Å². The first-order chi connectivity index (χ1) is 6.42. The van der Waals surface area contributed by atoms with Crippen LogP contribution in [0.5, 0.6) is 0 Å². The zero-order valence-corrected chi connectivity index (χ0v) is 8.97. The summed E-state index contributed by atoms with van der Waals surface area (Å²) in [6.45, 7) is 0. The third-order valence-corrected chi connectivity index (χ3v) is 3.22. The fraction of sp³-hybridized carbons (Fsp3) is 0.857. The quantitative estimate of drug-likeness (QED) is 0.459. The number of hydrogen-bond acceptors (Lipinski definition) is 5. The highest BCUT2D eigenvalue weighted by atomic mass is 32.2. The molecule has 0 atom stereocenters. The van der Waals surface area contributed by atoms with E-state index in [0.717, 1.165) is 23.1 Å². The smallest absolute Gasteiger partial charge is 0.209 e. The van der Waals surface area contributed by atoms with Gasteiger partial charge < -0.3 is 0 Å². The van der Waals surface area contributed by atoms with Crippen molar-refractivity contribution in [3.8, 4) is 0 Å². The topological polar surface area (TPSA) is 43.6 Å². The van der Waals surface area contributed by atoms with Crippen molar-refractivity contribution in [3.05, 3.63) is 0 Å². The Hall–Kier alpha value is -0.230. The average Bonchev–Trinajstić information content (AvgIpc) is 2.88. The third-order valence-electron chi connectivity index (χ3n) is 1.89. The second-order valence-electron chi connectivity index (χ2n) is 3.06. The summed E-state index contributed by atoms with van der Waals surface area (Å²) in [4.78, 5) is 0. The van der Waals surface area contributed by atoms with Gasteiger partial charge >= 0.3 is 0 Å². The second kappa shape index (κ2) is 4.32. The fourth-order valence-electron chi connectivity index (χ4n) is 1.06. The minimum absolute atomic E-state index is 0.577. The molecule has 1 saturated carbocycles. The number of aromatic nitrogens is 4. The van der Waals surface area contributed by atoms with Crippen LogP contribution < -0.4 is 0 Å². The number of hydrogen-bond donors (Lipinski definition) is 1. The van der Waals surface area contributed by atoms with Gasteiger partial charge in [-0.2, -0.15) is 12.6 Å². The van der Waals surface area contributed by atoms with Gasteiger partial charge in [0.15, 0.2) is 0 Å². The molecule has 0 amide bonds. The van der Waals surface area contributed by atoms with E-state index in [2.05, 4.69) is 28.2 Å². The molecule has 0 spiro atoms. The Morgan fingerprint density at radius 3 is 3.08 bits per heavy atom. The molecule has 1 fully saturated rings. The van der Waals surface area contributed by atoms with E-state index in [1.807, 2.05) is 4.68 Å². The van der Waals surface area contributed by atoms with Crippen LogP contribution in [0.4, 0.5) is 0 Å². The Balaban J connectivity index is 1.90. The summed E-state index contributed by atoms with van der Waals surface area (Å²) in [5, 5.41) is 12.6. The van der Waals surface area contributed by atoms with Crippen LogP contribution in [0.1, 0.15) is 25.3 Å². The van der Waals surface area contributed by atoms with Crippen molar-refractivity contribution in [2.24, 2.45) is 0 Å². The molecule has 1 aliphatic rings. The van der Waals surface area contributed by atoms with Crippen LogP contribution in [0, 0.1) is 0 Å². The van der Waals surface area contributed by atoms with Gasteiger partial charge in [0.2, 0.25) is 5.16 Å². The number of rotatable bonds is 5. The summed E-state index contributed by atoms with van der Waals surface area (Å²) in [5.74, 6) is 1.98. The van der Waals surface area contributed by atoms with Crippen molar-refractivity contribution in [2.45, 2.75) is 30.5 Å². The number of thiol groups is 1. The van der Waals surface area contributed by atoms with E-state index < -0.39 is 0 Å². The average molecular weight is 216 g/mol. The summed E-state index contributed by atoms with van der Waals surface area (Å²) in [7, 11) is 0. The zero-order chi connectivity index (χ0) is 9.10. The molecule has 0 saturated heterocycles. The standard InChI is InChI=1S/C7H12N4S2/c12-4-1-5-13-7-8-9-10-11(7)6-2-3-6/h6,12H,1-5H2. The molecule has 2 rings (SSSR count). The van der Waals surface area contributed by atoms with Crippen molar-refractivity contribution in [3.63, 3.8) is 0 Å². The van der Waals surface area contributed by atoms with Crippen molar-refractivity contribution >= 4 is 24.4 Å². The minimum atomic E-state index is 0.577. The first-order valence-electron chi connectivity index (χ1n) is 4.43. The Morgan fingerprint density at radius 1 is 1.54 bits per heavy atom. The van der Waals surface area contributed by atoms with Gasteiger partial charge in [0, 0.05) is 5.75 Å². The molecule has 0 unspecified atom stereocenters. The van der Waals surface area contributed by atoms with Crippen LogP contribution in [-0.4, -0.2) is 31.7 Å². The first-order valence-corrected chi connectivity index (χ1v) is 6.05. The Bertz CT molecular complexity index is 271. The SMILES string of the molecule is SCCCSc1nnnn1C1CC1. The van der Waals surface area contributed by atoms with Crippen molar-refractivity contribution in [2.75, 3.05) is 11.5 Å². The summed E-state index contributed by atoms with van der Waals surface area (Å²) in [6.07, 6.45) is 3.56. The second-order valence-corrected chi connectivity index (χ2v) is 4.57. The highest BCUT2D eigenvalue weighted by molar-refractivity contribution is 7.99. The van der Waals surface area contributed by atoms with Crippen molar-refractivity contribution in [1.29, 1.82) is 0 Å². The van der Waals surface area contributed by atoms with Crippen LogP contribution in [-0.2, 0) is 0 Å². The van der Waals surface area contributed by atoms with E-state index in [4.69, 9.17) is 0 Å². The predicted octanol–water partition coefficient (Wildman–Crippen LogP) is 1.42. The van der Waals surface area contributed by atoms with Gasteiger partial charge in [-0.1, -0.05) is 11.8 Å². The maximum atomic E-state index is 4.16. The van der Waals surface area contributed by atoms with Crippen LogP contribution in [0.2, 0.25) is 0 Å². The van der Waals surface area contributed by atoms with Crippen molar-refractivity contribution < 1.29 is 0 Å². The lowest BCUT2D eigenvalue weighted by Gasteiger charge is -2.00. The van der Waals surface area contributed by atoms with E-state index >= 15 is 0 Å². The van der Waals surface area contributed by atoms with Crippen LogP contribution >= 0.6 is 24.4 Å².